The second-order valence-electron chi connectivity index (χ2n) is 7.61. The molecule has 1 aromatic rings. The molecule has 1 aliphatic carbocycles. The van der Waals surface area contributed by atoms with Crippen molar-refractivity contribution in [3.05, 3.63) is 29.8 Å². The van der Waals surface area contributed by atoms with Gasteiger partial charge in [-0.25, -0.2) is 0 Å². The minimum absolute atomic E-state index is 0. The van der Waals surface area contributed by atoms with Gasteiger partial charge in [-0.05, 0) is 64.0 Å². The van der Waals surface area contributed by atoms with Crippen LogP contribution in [0.25, 0.3) is 0 Å². The lowest BCUT2D eigenvalue weighted by molar-refractivity contribution is -0.123. The minimum Gasteiger partial charge on any atom is -0.484 e. The van der Waals surface area contributed by atoms with Gasteiger partial charge < -0.3 is 20.7 Å². The summed E-state index contributed by atoms with van der Waals surface area (Å²) in [6.07, 6.45) is 5.18. The number of aliphatic imine (C=N–C) groups is 1. The van der Waals surface area contributed by atoms with E-state index in [0.29, 0.717) is 6.04 Å². The van der Waals surface area contributed by atoms with Crippen molar-refractivity contribution in [2.75, 3.05) is 32.5 Å². The van der Waals surface area contributed by atoms with Crippen molar-refractivity contribution in [1.29, 1.82) is 0 Å². The fourth-order valence-electron chi connectivity index (χ4n) is 2.40. The van der Waals surface area contributed by atoms with E-state index in [2.05, 4.69) is 48.0 Å². The van der Waals surface area contributed by atoms with Crippen LogP contribution in [0.4, 0.5) is 0 Å². The number of carbonyl (C=O) groups excluding carboxylic acids is 1. The van der Waals surface area contributed by atoms with Gasteiger partial charge in [0.1, 0.15) is 5.75 Å². The normalized spacial score (nSPS) is 14.0. The lowest BCUT2D eigenvalue weighted by Crippen LogP contribution is -2.39. The van der Waals surface area contributed by atoms with Crippen LogP contribution in [-0.2, 0) is 11.2 Å². The molecule has 3 N–H and O–H groups in total. The number of nitrogens with zero attached hydrogens (tertiary/aromatic N) is 1. The maximum atomic E-state index is 11.7. The molecule has 2 rings (SSSR count). The van der Waals surface area contributed by atoms with Gasteiger partial charge in [0.15, 0.2) is 12.6 Å². The smallest absolute Gasteiger partial charge is 0.258 e. The third-order valence-electron chi connectivity index (χ3n) is 4.46. The monoisotopic (exact) mass is 534 g/mol. The molecule has 0 unspecified atom stereocenters. The van der Waals surface area contributed by atoms with Gasteiger partial charge in [-0.1, -0.05) is 12.1 Å². The Balaban J connectivity index is 0.00000420. The highest BCUT2D eigenvalue weighted by Gasteiger charge is 2.23. The maximum Gasteiger partial charge on any atom is 0.258 e. The van der Waals surface area contributed by atoms with E-state index in [1.54, 1.807) is 0 Å². The highest BCUT2D eigenvalue weighted by atomic mass is 127. The van der Waals surface area contributed by atoms with E-state index in [4.69, 9.17) is 4.74 Å². The molecule has 1 amide bonds. The Bertz CT molecular complexity index is 649. The molecule has 1 aliphatic rings. The molecule has 1 aromatic carbocycles. The average molecular weight is 535 g/mol. The quantitative estimate of drug-likeness (QED) is 0.231. The van der Waals surface area contributed by atoms with Crippen LogP contribution in [0, 0.1) is 0 Å². The zero-order chi connectivity index (χ0) is 20.4. The van der Waals surface area contributed by atoms with Crippen LogP contribution in [0.5, 0.6) is 5.75 Å². The SMILES string of the molecule is CCNC(=NCC(C)(C)SC)NCCc1ccc(OCC(=O)NC2CC2)cc1.I. The fraction of sp³-hybridized carbons (Fsp3) is 0.619. The Morgan fingerprint density at radius 3 is 2.52 bits per heavy atom. The van der Waals surface area contributed by atoms with Gasteiger partial charge in [0.25, 0.3) is 5.91 Å². The van der Waals surface area contributed by atoms with E-state index in [1.807, 2.05) is 36.0 Å². The van der Waals surface area contributed by atoms with Gasteiger partial charge in [0.05, 0.1) is 6.54 Å². The Kier molecular flexibility index (Phi) is 11.8. The second-order valence-corrected chi connectivity index (χ2v) is 9.12. The van der Waals surface area contributed by atoms with E-state index in [-0.39, 0.29) is 41.2 Å². The summed E-state index contributed by atoms with van der Waals surface area (Å²) in [5.74, 6) is 1.53. The minimum atomic E-state index is -0.0457. The molecule has 1 fully saturated rings. The number of guanidine groups is 1. The Labute approximate surface area is 196 Å². The molecule has 0 aliphatic heterocycles. The first kappa shape index (κ1) is 25.9. The number of benzene rings is 1. The number of amides is 1. The number of hydrogen-bond donors (Lipinski definition) is 3. The van der Waals surface area contributed by atoms with Crippen LogP contribution in [0.2, 0.25) is 0 Å². The maximum absolute atomic E-state index is 11.7. The van der Waals surface area contributed by atoms with Crippen LogP contribution < -0.4 is 20.7 Å². The highest BCUT2D eigenvalue weighted by molar-refractivity contribution is 14.0. The van der Waals surface area contributed by atoms with E-state index in [0.717, 1.165) is 50.6 Å². The number of rotatable bonds is 11. The van der Waals surface area contributed by atoms with Crippen molar-refractivity contribution in [2.45, 2.75) is 50.8 Å². The van der Waals surface area contributed by atoms with Gasteiger partial charge in [-0.3, -0.25) is 9.79 Å². The second kappa shape index (κ2) is 13.2. The molecule has 0 heterocycles. The van der Waals surface area contributed by atoms with Crippen molar-refractivity contribution in [1.82, 2.24) is 16.0 Å². The number of hydrogen-bond acceptors (Lipinski definition) is 4. The summed E-state index contributed by atoms with van der Waals surface area (Å²) < 4.78 is 5.67. The molecule has 29 heavy (non-hydrogen) atoms. The lowest BCUT2D eigenvalue weighted by atomic mass is 10.1. The van der Waals surface area contributed by atoms with Crippen LogP contribution in [0.15, 0.2) is 29.3 Å². The summed E-state index contributed by atoms with van der Waals surface area (Å²) in [4.78, 5) is 16.3. The molecule has 8 heteroatoms. The van der Waals surface area contributed by atoms with Crippen molar-refractivity contribution in [2.24, 2.45) is 4.99 Å². The molecule has 0 radical (unpaired) electrons. The summed E-state index contributed by atoms with van der Waals surface area (Å²) in [5, 5.41) is 9.60. The average Bonchev–Trinajstić information content (AvgIpc) is 3.49. The molecule has 0 atom stereocenters. The van der Waals surface area contributed by atoms with E-state index in [1.165, 1.54) is 5.56 Å². The predicted octanol–water partition coefficient (Wildman–Crippen LogP) is 3.20. The molecule has 0 spiro atoms. The van der Waals surface area contributed by atoms with Crippen LogP contribution in [0.3, 0.4) is 0 Å². The van der Waals surface area contributed by atoms with Gasteiger partial charge in [-0.15, -0.1) is 24.0 Å². The zero-order valence-corrected chi connectivity index (χ0v) is 21.1. The number of carbonyl (C=O) groups is 1. The number of halogens is 1. The first-order chi connectivity index (χ1) is 13.4. The van der Waals surface area contributed by atoms with Crippen LogP contribution in [-0.4, -0.2) is 55.2 Å². The number of nitrogens with one attached hydrogen (secondary N) is 3. The first-order valence-electron chi connectivity index (χ1n) is 10.0. The van der Waals surface area contributed by atoms with Crippen molar-refractivity contribution in [3.8, 4) is 5.75 Å². The molecule has 0 aromatic heterocycles. The standard InChI is InChI=1S/C21H34N4O2S.HI/c1-5-22-20(24-15-21(2,3)28-4)23-13-12-16-6-10-18(11-7-16)27-14-19(26)25-17-8-9-17;/h6-7,10-11,17H,5,8-9,12-15H2,1-4H3,(H,25,26)(H2,22,23,24);1H. The highest BCUT2D eigenvalue weighted by Crippen LogP contribution is 2.21. The Hall–Kier alpha value is -1.16. The van der Waals surface area contributed by atoms with Gasteiger partial charge in [-0.2, -0.15) is 11.8 Å². The van der Waals surface area contributed by atoms with Gasteiger partial charge in [0, 0.05) is 23.9 Å². The molecule has 1 saturated carbocycles. The summed E-state index contributed by atoms with van der Waals surface area (Å²) >= 11 is 1.82. The molecule has 6 nitrogen and oxygen atoms in total. The van der Waals surface area contributed by atoms with E-state index in [9.17, 15) is 4.79 Å². The molecule has 164 valence electrons. The summed E-state index contributed by atoms with van der Waals surface area (Å²) in [6, 6.07) is 8.28. The summed E-state index contributed by atoms with van der Waals surface area (Å²) in [6.45, 7) is 8.95. The largest absolute Gasteiger partial charge is 0.484 e. The summed E-state index contributed by atoms with van der Waals surface area (Å²) in [5.41, 5.74) is 1.21. The van der Waals surface area contributed by atoms with E-state index >= 15 is 0 Å². The third-order valence-corrected chi connectivity index (χ3v) is 5.69. The Morgan fingerprint density at radius 1 is 1.24 bits per heavy atom. The van der Waals surface area contributed by atoms with Crippen molar-refractivity contribution < 1.29 is 9.53 Å². The number of thioether (sulfide) groups is 1. The predicted molar refractivity (Wildman–Crippen MR) is 134 cm³/mol. The Morgan fingerprint density at radius 2 is 1.93 bits per heavy atom. The summed E-state index contributed by atoms with van der Waals surface area (Å²) in [7, 11) is 0. The first-order valence-corrected chi connectivity index (χ1v) is 11.2. The fourth-order valence-corrected chi connectivity index (χ4v) is 2.59. The van der Waals surface area contributed by atoms with Gasteiger partial charge >= 0.3 is 0 Å². The molecule has 0 bridgehead atoms. The third kappa shape index (κ3) is 11.0. The van der Waals surface area contributed by atoms with Gasteiger partial charge in [0.2, 0.25) is 0 Å². The van der Waals surface area contributed by atoms with Crippen LogP contribution in [0.1, 0.15) is 39.2 Å². The van der Waals surface area contributed by atoms with Crippen molar-refractivity contribution >= 4 is 47.6 Å². The zero-order valence-electron chi connectivity index (χ0n) is 17.9. The molecule has 0 saturated heterocycles. The number of ether oxygens (including phenoxy) is 1. The van der Waals surface area contributed by atoms with E-state index < -0.39 is 0 Å². The topological polar surface area (TPSA) is 74.8 Å². The van der Waals surface area contributed by atoms with Crippen molar-refractivity contribution in [3.63, 3.8) is 0 Å². The lowest BCUT2D eigenvalue weighted by Gasteiger charge is -2.20. The van der Waals surface area contributed by atoms with Crippen LogP contribution >= 0.6 is 35.7 Å². The molecular weight excluding hydrogens is 499 g/mol. The molecular formula is C21H35IN4O2S.